The summed E-state index contributed by atoms with van der Waals surface area (Å²) in [4.78, 5) is 0. The molecule has 3 rings (SSSR count). The third-order valence-electron chi connectivity index (χ3n) is 3.56. The summed E-state index contributed by atoms with van der Waals surface area (Å²) in [6.45, 7) is 2.84. The molecule has 0 aliphatic carbocycles. The van der Waals surface area contributed by atoms with Gasteiger partial charge in [0.15, 0.2) is 6.29 Å². The number of hydrogen-bond acceptors (Lipinski definition) is 5. The highest BCUT2D eigenvalue weighted by atomic mass is 35.5. The van der Waals surface area contributed by atoms with E-state index >= 15 is 0 Å². The topological polar surface area (TPSA) is 51.4 Å². The number of anilines is 1. The van der Waals surface area contributed by atoms with Gasteiger partial charge in [-0.25, -0.2) is 14.2 Å². The summed E-state index contributed by atoms with van der Waals surface area (Å²) in [5.74, 6) is -2.17. The zero-order valence-corrected chi connectivity index (χ0v) is 13.0. The molecule has 8 heteroatoms. The molecule has 0 aromatic heterocycles. The first-order chi connectivity index (χ1) is 10.3. The third kappa shape index (κ3) is 3.17. The highest BCUT2D eigenvalue weighted by molar-refractivity contribution is 6.30. The van der Waals surface area contributed by atoms with E-state index in [-0.39, 0.29) is 6.04 Å². The van der Waals surface area contributed by atoms with Crippen molar-refractivity contribution in [2.75, 3.05) is 5.32 Å². The number of alkyl halides is 2. The van der Waals surface area contributed by atoms with Gasteiger partial charge in [0, 0.05) is 23.7 Å². The second kappa shape index (κ2) is 5.66. The van der Waals surface area contributed by atoms with Crippen molar-refractivity contribution in [1.29, 1.82) is 0 Å². The Balaban J connectivity index is 1.79. The number of benzene rings is 1. The van der Waals surface area contributed by atoms with Crippen LogP contribution in [0.15, 0.2) is 36.2 Å². The molecule has 1 aromatic carbocycles. The minimum Gasteiger partial charge on any atom is -0.341 e. The van der Waals surface area contributed by atoms with Gasteiger partial charge in [0.25, 0.3) is 5.92 Å². The van der Waals surface area contributed by atoms with Gasteiger partial charge >= 0.3 is 0 Å². The monoisotopic (exact) mass is 329 g/mol. The lowest BCUT2D eigenvalue weighted by Gasteiger charge is -2.35. The fraction of sp³-hybridized carbons (Fsp3) is 0.429. The summed E-state index contributed by atoms with van der Waals surface area (Å²) in [6.07, 6.45) is 0.382. The molecule has 2 aliphatic rings. The highest BCUT2D eigenvalue weighted by Crippen LogP contribution is 2.25. The van der Waals surface area contributed by atoms with Gasteiger partial charge in [0.1, 0.15) is 12.0 Å². The molecule has 0 amide bonds. The molecule has 1 saturated heterocycles. The van der Waals surface area contributed by atoms with Crippen molar-refractivity contribution >= 4 is 17.3 Å². The zero-order valence-electron chi connectivity index (χ0n) is 12.2. The average Bonchev–Trinajstić information content (AvgIpc) is 2.85. The molecule has 0 bridgehead atoms. The van der Waals surface area contributed by atoms with Crippen LogP contribution in [0.25, 0.3) is 0 Å². The molecule has 5 nitrogen and oxygen atoms in total. The molecule has 120 valence electrons. The number of hydrogen-bond donors (Lipinski definition) is 4. The van der Waals surface area contributed by atoms with Crippen molar-refractivity contribution in [3.63, 3.8) is 0 Å². The molecule has 22 heavy (non-hydrogen) atoms. The van der Waals surface area contributed by atoms with Gasteiger partial charge in [0.2, 0.25) is 0 Å². The van der Waals surface area contributed by atoms with Crippen LogP contribution in [-0.4, -0.2) is 29.4 Å². The van der Waals surface area contributed by atoms with E-state index in [1.54, 1.807) is 17.1 Å². The number of nitrogens with one attached hydrogen (secondary N) is 4. The molecule has 3 atom stereocenters. The van der Waals surface area contributed by atoms with Gasteiger partial charge in [0.05, 0.1) is 0 Å². The molecule has 1 aromatic rings. The van der Waals surface area contributed by atoms with Crippen molar-refractivity contribution in [3.05, 3.63) is 41.2 Å². The van der Waals surface area contributed by atoms with Crippen LogP contribution in [0.2, 0.25) is 5.02 Å². The van der Waals surface area contributed by atoms with Gasteiger partial charge in [-0.1, -0.05) is 11.6 Å². The molecule has 0 spiro atoms. The average molecular weight is 330 g/mol. The van der Waals surface area contributed by atoms with Gasteiger partial charge in [-0.3, -0.25) is 15.6 Å². The zero-order chi connectivity index (χ0) is 15.9. The van der Waals surface area contributed by atoms with Crippen molar-refractivity contribution in [3.8, 4) is 0 Å². The van der Waals surface area contributed by atoms with Crippen LogP contribution < -0.4 is 21.4 Å². The number of hydrazine groups is 1. The van der Waals surface area contributed by atoms with E-state index in [1.165, 1.54) is 0 Å². The van der Waals surface area contributed by atoms with Crippen LogP contribution in [0.3, 0.4) is 0 Å². The number of rotatable bonds is 3. The fourth-order valence-electron chi connectivity index (χ4n) is 2.47. The maximum absolute atomic E-state index is 13.5. The molecule has 0 radical (unpaired) electrons. The summed E-state index contributed by atoms with van der Waals surface area (Å²) >= 11 is 5.87. The summed E-state index contributed by atoms with van der Waals surface area (Å²) in [5, 5.41) is 11.5. The second-order valence-corrected chi connectivity index (χ2v) is 6.03. The quantitative estimate of drug-likeness (QED) is 0.685. The maximum Gasteiger partial charge on any atom is 0.274 e. The summed E-state index contributed by atoms with van der Waals surface area (Å²) in [5.41, 5.74) is 3.62. The number of fused-ring (bicyclic) bond motifs is 1. The summed E-state index contributed by atoms with van der Waals surface area (Å²) < 4.78 is 27.1. The van der Waals surface area contributed by atoms with Crippen LogP contribution in [0.1, 0.15) is 13.8 Å². The van der Waals surface area contributed by atoms with Crippen LogP contribution in [0.4, 0.5) is 14.5 Å². The lowest BCUT2D eigenvalue weighted by molar-refractivity contribution is -0.0264. The number of nitrogens with zero attached hydrogens (tertiary/aromatic N) is 1. The predicted octanol–water partition coefficient (Wildman–Crippen LogP) is 2.26. The van der Waals surface area contributed by atoms with Gasteiger partial charge < -0.3 is 5.32 Å². The summed E-state index contributed by atoms with van der Waals surface area (Å²) in [6, 6.07) is 7.24. The van der Waals surface area contributed by atoms with E-state index in [0.29, 0.717) is 10.8 Å². The minimum absolute atomic E-state index is 0.0366. The van der Waals surface area contributed by atoms with Gasteiger partial charge in [-0.15, -0.1) is 0 Å². The van der Waals surface area contributed by atoms with Gasteiger partial charge in [-0.05, 0) is 37.3 Å². The van der Waals surface area contributed by atoms with E-state index < -0.39 is 18.4 Å². The van der Waals surface area contributed by atoms with Crippen LogP contribution in [-0.2, 0) is 0 Å². The van der Waals surface area contributed by atoms with Crippen LogP contribution >= 0.6 is 11.6 Å². The van der Waals surface area contributed by atoms with Gasteiger partial charge in [-0.2, -0.15) is 0 Å². The second-order valence-electron chi connectivity index (χ2n) is 5.60. The lowest BCUT2D eigenvalue weighted by Crippen LogP contribution is -2.56. The van der Waals surface area contributed by atoms with Crippen molar-refractivity contribution in [2.45, 2.75) is 38.3 Å². The fourth-order valence-corrected chi connectivity index (χ4v) is 2.60. The Bertz CT molecular complexity index is 572. The Labute approximate surface area is 132 Å². The van der Waals surface area contributed by atoms with E-state index in [4.69, 9.17) is 11.6 Å². The van der Waals surface area contributed by atoms with Crippen molar-refractivity contribution in [2.24, 2.45) is 0 Å². The molecule has 0 saturated carbocycles. The molecular weight excluding hydrogens is 312 g/mol. The van der Waals surface area contributed by atoms with E-state index in [0.717, 1.165) is 12.6 Å². The summed E-state index contributed by atoms with van der Waals surface area (Å²) in [7, 11) is 0. The highest BCUT2D eigenvalue weighted by Gasteiger charge is 2.45. The molecule has 2 aliphatic heterocycles. The predicted molar refractivity (Wildman–Crippen MR) is 82.1 cm³/mol. The molecular formula is C14H18ClF2N5. The van der Waals surface area contributed by atoms with Crippen LogP contribution in [0, 0.1) is 0 Å². The smallest absolute Gasteiger partial charge is 0.274 e. The Morgan fingerprint density at radius 2 is 1.91 bits per heavy atom. The Hall–Kier alpha value is -1.41. The molecule has 4 N–H and O–H groups in total. The first-order valence-corrected chi connectivity index (χ1v) is 7.40. The molecule has 1 fully saturated rings. The lowest BCUT2D eigenvalue weighted by atomic mass is 10.2. The standard InChI is InChI=1S/C14H18ClF2N5/c1-8-7-11(19-10-5-3-9(15)4-6-10)22-13(18-8)20-12(21-22)14(2,16)17/h3-8,12-13,18-21H,1-2H3. The molecule has 2 heterocycles. The Morgan fingerprint density at radius 1 is 1.23 bits per heavy atom. The van der Waals surface area contributed by atoms with Crippen molar-refractivity contribution < 1.29 is 8.78 Å². The third-order valence-corrected chi connectivity index (χ3v) is 3.81. The van der Waals surface area contributed by atoms with E-state index in [2.05, 4.69) is 21.4 Å². The Kier molecular flexibility index (Phi) is 3.98. The largest absolute Gasteiger partial charge is 0.341 e. The first kappa shape index (κ1) is 15.5. The van der Waals surface area contributed by atoms with E-state index in [1.807, 2.05) is 25.1 Å². The Morgan fingerprint density at radius 3 is 2.55 bits per heavy atom. The van der Waals surface area contributed by atoms with E-state index in [9.17, 15) is 8.78 Å². The van der Waals surface area contributed by atoms with Crippen LogP contribution in [0.5, 0.6) is 0 Å². The van der Waals surface area contributed by atoms with Crippen molar-refractivity contribution in [1.82, 2.24) is 21.1 Å². The first-order valence-electron chi connectivity index (χ1n) is 7.03. The number of halogens is 3. The normalized spacial score (nSPS) is 28.3. The SMILES string of the molecule is CC1C=C(Nc2ccc(Cl)cc2)N2NC(C(C)(F)F)NC2N1. The maximum atomic E-state index is 13.5. The minimum atomic E-state index is -2.88. The molecule has 3 unspecified atom stereocenters.